The van der Waals surface area contributed by atoms with Gasteiger partial charge in [0.2, 0.25) is 8.32 Å². The molecule has 0 N–H and O–H groups in total. The normalized spacial score (nSPS) is 23.6. The molecule has 2 rings (SSSR count). The van der Waals surface area contributed by atoms with Crippen LogP contribution >= 0.6 is 0 Å². The molecule has 0 aromatic carbocycles. The maximum atomic E-state index is 11.7. The number of fused-ring (bicyclic) bond motifs is 1. The average molecular weight is 370 g/mol. The standard InChI is InChI=1S/C12H19O2Si2.2ClH.Ti/c1-6-7-16(5)10-8-9(13)11(12(10)16)14-15(2,3)4;;;/h6-7H2,1-5H3;2*1H;/q-1;;;+3/p-2. The molecule has 2 nitrogen and oxygen atoms in total. The van der Waals surface area contributed by atoms with Crippen LogP contribution in [0.3, 0.4) is 0 Å². The first-order valence-corrected chi connectivity index (χ1v) is 12.0. The Morgan fingerprint density at radius 1 is 1.26 bits per heavy atom. The maximum Gasteiger partial charge on any atom is 3.00 e. The van der Waals surface area contributed by atoms with Gasteiger partial charge < -0.3 is 34.0 Å². The van der Waals surface area contributed by atoms with Crippen LogP contribution in [-0.2, 0) is 30.9 Å². The van der Waals surface area contributed by atoms with Crippen LogP contribution in [0.5, 0.6) is 0 Å². The number of allylic oxidation sites excluding steroid dienone is 3. The summed E-state index contributed by atoms with van der Waals surface area (Å²) in [6, 6.07) is 1.23. The van der Waals surface area contributed by atoms with Crippen molar-refractivity contribution in [3.05, 3.63) is 22.2 Å². The van der Waals surface area contributed by atoms with E-state index in [0.29, 0.717) is 5.76 Å². The maximum absolute atomic E-state index is 11.7. The number of carbonyl (C=O) groups excluding carboxylic acids is 1. The number of carbonyl (C=O) groups is 1. The molecule has 0 bridgehead atoms. The van der Waals surface area contributed by atoms with Crippen LogP contribution in [0.15, 0.2) is 16.2 Å². The SMILES string of the molecule is CCC[Si]1(C)C2=[C-]C(=O)C(O[Si](C)(C)C)=C21.[Cl-].[Cl-].[Ti+3]. The van der Waals surface area contributed by atoms with E-state index in [2.05, 4.69) is 39.2 Å². The molecule has 1 aliphatic heterocycles. The fraction of sp³-hybridized carbons (Fsp3) is 0.583. The van der Waals surface area contributed by atoms with Gasteiger partial charge in [0, 0.05) is 8.07 Å². The van der Waals surface area contributed by atoms with Crippen molar-refractivity contribution in [2.24, 2.45) is 0 Å². The van der Waals surface area contributed by atoms with Gasteiger partial charge in [-0.15, -0.1) is 6.08 Å². The van der Waals surface area contributed by atoms with Gasteiger partial charge in [-0.3, -0.25) is 0 Å². The summed E-state index contributed by atoms with van der Waals surface area (Å²) >= 11 is 0. The summed E-state index contributed by atoms with van der Waals surface area (Å²) in [5.74, 6) is 0.658. The molecule has 105 valence electrons. The molecule has 1 heterocycles. The topological polar surface area (TPSA) is 26.3 Å². The van der Waals surface area contributed by atoms with Crippen molar-refractivity contribution in [1.29, 1.82) is 0 Å². The Morgan fingerprint density at radius 3 is 2.21 bits per heavy atom. The third-order valence-corrected chi connectivity index (χ3v) is 8.25. The van der Waals surface area contributed by atoms with Crippen LogP contribution in [-0.4, -0.2) is 22.2 Å². The molecule has 0 spiro atoms. The van der Waals surface area contributed by atoms with Gasteiger partial charge in [0.15, 0.2) is 0 Å². The molecule has 0 aromatic heterocycles. The third-order valence-electron chi connectivity index (χ3n) is 3.12. The number of hydrogen-bond donors (Lipinski definition) is 0. The van der Waals surface area contributed by atoms with E-state index in [-0.39, 0.29) is 52.3 Å². The van der Waals surface area contributed by atoms with E-state index < -0.39 is 16.4 Å². The number of rotatable bonds is 4. The number of hydrogen-bond acceptors (Lipinski definition) is 2. The van der Waals surface area contributed by atoms with Gasteiger partial charge in [0.1, 0.15) is 0 Å². The molecule has 0 amide bonds. The fourth-order valence-electron chi connectivity index (χ4n) is 2.42. The first-order valence-electron chi connectivity index (χ1n) is 5.92. The Bertz CT molecular complexity index is 430. The van der Waals surface area contributed by atoms with Crippen LogP contribution < -0.4 is 24.8 Å². The predicted octanol–water partition coefficient (Wildman–Crippen LogP) is -3.01. The van der Waals surface area contributed by atoms with Crippen molar-refractivity contribution < 1.29 is 55.8 Å². The van der Waals surface area contributed by atoms with E-state index in [1.165, 1.54) is 22.9 Å². The van der Waals surface area contributed by atoms with Gasteiger partial charge in [-0.05, 0) is 25.4 Å². The molecule has 0 saturated carbocycles. The minimum absolute atomic E-state index is 0. The second kappa shape index (κ2) is 7.10. The molecule has 1 fully saturated rings. The van der Waals surface area contributed by atoms with E-state index in [4.69, 9.17) is 4.43 Å². The molecule has 1 atom stereocenters. The number of Topliss-reactive ketones (excluding diaryl/α,β-unsaturated/α-hetero) is 1. The van der Waals surface area contributed by atoms with Gasteiger partial charge in [0.05, 0.1) is 5.78 Å². The minimum Gasteiger partial charge on any atom is -1.00 e. The monoisotopic (exact) mass is 369 g/mol. The Hall–Kier alpha value is 0.678. The van der Waals surface area contributed by atoms with Crippen molar-refractivity contribution in [3.63, 3.8) is 0 Å². The van der Waals surface area contributed by atoms with Crippen LogP contribution in [0, 0.1) is 6.08 Å². The number of halogens is 2. The van der Waals surface area contributed by atoms with E-state index in [1.807, 2.05) is 0 Å². The average Bonchev–Trinajstić information content (AvgIpc) is 2.47. The van der Waals surface area contributed by atoms with Crippen molar-refractivity contribution in [1.82, 2.24) is 0 Å². The van der Waals surface area contributed by atoms with Crippen molar-refractivity contribution in [3.8, 4) is 0 Å². The van der Waals surface area contributed by atoms with Crippen LogP contribution in [0.25, 0.3) is 0 Å². The summed E-state index contributed by atoms with van der Waals surface area (Å²) < 4.78 is 5.93. The fourth-order valence-corrected chi connectivity index (χ4v) is 7.52. The van der Waals surface area contributed by atoms with Gasteiger partial charge in [-0.1, -0.05) is 25.9 Å². The largest absolute Gasteiger partial charge is 3.00 e. The zero-order valence-electron chi connectivity index (χ0n) is 12.0. The summed E-state index contributed by atoms with van der Waals surface area (Å²) in [5, 5.41) is 2.52. The Balaban J connectivity index is 0. The molecule has 0 aromatic rings. The quantitative estimate of drug-likeness (QED) is 0.390. The van der Waals surface area contributed by atoms with Crippen LogP contribution in [0.2, 0.25) is 32.2 Å². The van der Waals surface area contributed by atoms with E-state index in [0.717, 1.165) is 0 Å². The van der Waals surface area contributed by atoms with Crippen molar-refractivity contribution in [2.45, 2.75) is 45.6 Å². The minimum atomic E-state index is -1.67. The van der Waals surface area contributed by atoms with E-state index in [9.17, 15) is 4.79 Å². The molecular weight excluding hydrogens is 351 g/mol. The summed E-state index contributed by atoms with van der Waals surface area (Å²) in [5.41, 5.74) is 0. The molecule has 19 heavy (non-hydrogen) atoms. The van der Waals surface area contributed by atoms with Gasteiger partial charge >= 0.3 is 21.7 Å². The summed E-state index contributed by atoms with van der Waals surface area (Å²) in [6.45, 7) is 10.9. The van der Waals surface area contributed by atoms with Crippen molar-refractivity contribution >= 4 is 22.2 Å². The summed E-state index contributed by atoms with van der Waals surface area (Å²) in [6.07, 6.45) is 4.19. The van der Waals surface area contributed by atoms with Gasteiger partial charge in [0.25, 0.3) is 0 Å². The molecular formula is C12H19Cl2O2Si2Ti. The first kappa shape index (κ1) is 22.0. The molecule has 2 aliphatic rings. The Morgan fingerprint density at radius 2 is 1.79 bits per heavy atom. The van der Waals surface area contributed by atoms with Crippen LogP contribution in [0.1, 0.15) is 13.3 Å². The summed E-state index contributed by atoms with van der Waals surface area (Å²) in [4.78, 5) is 11.7. The second-order valence-corrected chi connectivity index (χ2v) is 14.4. The molecule has 7 heteroatoms. The number of ketones is 1. The first-order chi connectivity index (χ1) is 7.29. The van der Waals surface area contributed by atoms with Gasteiger partial charge in [-0.2, -0.15) is 10.4 Å². The van der Waals surface area contributed by atoms with E-state index in [1.54, 1.807) is 0 Å². The second-order valence-electron chi connectivity index (χ2n) is 5.83. The molecule has 1 aliphatic carbocycles. The van der Waals surface area contributed by atoms with E-state index >= 15 is 0 Å². The molecule has 1 radical (unpaired) electrons. The van der Waals surface area contributed by atoms with Crippen LogP contribution in [0.4, 0.5) is 0 Å². The zero-order chi connectivity index (χ0) is 12.1. The van der Waals surface area contributed by atoms with Crippen molar-refractivity contribution in [2.75, 3.05) is 0 Å². The summed E-state index contributed by atoms with van der Waals surface area (Å²) in [7, 11) is -3.07. The zero-order valence-corrected chi connectivity index (χ0v) is 17.1. The Kier molecular flexibility index (Phi) is 8.21. The third kappa shape index (κ3) is 4.08. The van der Waals surface area contributed by atoms with Gasteiger partial charge in [-0.25, -0.2) is 0 Å². The Labute approximate surface area is 145 Å². The molecule has 1 unspecified atom stereocenters. The smallest absolute Gasteiger partial charge is 1.00 e. The molecule has 1 saturated heterocycles. The predicted molar refractivity (Wildman–Crippen MR) is 69.9 cm³/mol.